The fourth-order valence-electron chi connectivity index (χ4n) is 1.84. The normalized spacial score (nSPS) is 14.7. The van der Waals surface area contributed by atoms with Crippen LogP contribution >= 0.6 is 0 Å². The van der Waals surface area contributed by atoms with Gasteiger partial charge in [0.05, 0.1) is 0 Å². The van der Waals surface area contributed by atoms with Crippen molar-refractivity contribution in [2.75, 3.05) is 5.73 Å². The quantitative estimate of drug-likeness (QED) is 0.829. The van der Waals surface area contributed by atoms with Gasteiger partial charge in [-0.05, 0) is 24.3 Å². The summed E-state index contributed by atoms with van der Waals surface area (Å²) in [6, 6.07) is 1.66. The summed E-state index contributed by atoms with van der Waals surface area (Å²) in [7, 11) is 0. The Balaban J connectivity index is 2.63. The summed E-state index contributed by atoms with van der Waals surface area (Å²) >= 11 is 0. The van der Waals surface area contributed by atoms with Crippen molar-refractivity contribution in [2.45, 2.75) is 40.2 Å². The maximum atomic E-state index is 11.5. The molecule has 0 saturated carbocycles. The Hall–Kier alpha value is -1.32. The zero-order chi connectivity index (χ0) is 12.1. The summed E-state index contributed by atoms with van der Waals surface area (Å²) in [4.78, 5) is 15.2. The molecule has 4 nitrogen and oxygen atoms in total. The number of hydrogen-bond donors (Lipinski definition) is 1. The maximum Gasteiger partial charge on any atom is 0.349 e. The van der Waals surface area contributed by atoms with Gasteiger partial charge in [-0.15, -0.1) is 0 Å². The molecule has 2 atom stereocenters. The van der Waals surface area contributed by atoms with Gasteiger partial charge in [-0.3, -0.25) is 4.57 Å². The minimum Gasteiger partial charge on any atom is -0.383 e. The smallest absolute Gasteiger partial charge is 0.349 e. The second kappa shape index (κ2) is 5.68. The van der Waals surface area contributed by atoms with E-state index in [0.717, 1.165) is 13.0 Å². The average Bonchev–Trinajstić information content (AvgIpc) is 2.22. The molecule has 1 rings (SSSR count). The van der Waals surface area contributed by atoms with Gasteiger partial charge in [0, 0.05) is 12.7 Å². The zero-order valence-corrected chi connectivity index (χ0v) is 10.3. The van der Waals surface area contributed by atoms with Crippen LogP contribution in [-0.2, 0) is 6.54 Å². The number of nitrogens with zero attached hydrogens (tertiary/aromatic N) is 2. The van der Waals surface area contributed by atoms with Crippen molar-refractivity contribution >= 4 is 5.82 Å². The van der Waals surface area contributed by atoms with Crippen LogP contribution in [-0.4, -0.2) is 9.55 Å². The lowest BCUT2D eigenvalue weighted by molar-refractivity contribution is 0.361. The standard InChI is InChI=1S/C12H21N3O/c1-4-9(2)7-10(3)8-15-6-5-11(13)14-12(15)16/h5-6,9-10H,4,7-8H2,1-3H3,(H2,13,14,16)/t9?,10-/m1/s1. The summed E-state index contributed by atoms with van der Waals surface area (Å²) < 4.78 is 1.63. The number of nitrogens with two attached hydrogens (primary N) is 1. The molecule has 0 saturated heterocycles. The first kappa shape index (κ1) is 12.7. The van der Waals surface area contributed by atoms with Crippen molar-refractivity contribution in [3.63, 3.8) is 0 Å². The lowest BCUT2D eigenvalue weighted by Crippen LogP contribution is -2.26. The summed E-state index contributed by atoms with van der Waals surface area (Å²) in [5.74, 6) is 1.47. The topological polar surface area (TPSA) is 60.9 Å². The first-order chi connectivity index (χ1) is 7.52. The van der Waals surface area contributed by atoms with E-state index in [0.29, 0.717) is 11.8 Å². The van der Waals surface area contributed by atoms with E-state index in [1.807, 2.05) is 0 Å². The third-order valence-corrected chi connectivity index (χ3v) is 2.91. The highest BCUT2D eigenvalue weighted by molar-refractivity contribution is 5.23. The number of rotatable bonds is 5. The molecule has 2 N–H and O–H groups in total. The van der Waals surface area contributed by atoms with Crippen LogP contribution < -0.4 is 11.4 Å². The molecule has 90 valence electrons. The van der Waals surface area contributed by atoms with Crippen LogP contribution in [0.3, 0.4) is 0 Å². The lowest BCUT2D eigenvalue weighted by Gasteiger charge is -2.16. The zero-order valence-electron chi connectivity index (χ0n) is 10.3. The molecule has 1 aromatic rings. The Bertz CT molecular complexity index is 386. The van der Waals surface area contributed by atoms with Crippen molar-refractivity contribution in [2.24, 2.45) is 11.8 Å². The van der Waals surface area contributed by atoms with Crippen LogP contribution in [0.2, 0.25) is 0 Å². The van der Waals surface area contributed by atoms with E-state index in [1.54, 1.807) is 16.8 Å². The number of hydrogen-bond acceptors (Lipinski definition) is 3. The van der Waals surface area contributed by atoms with Crippen LogP contribution in [0.15, 0.2) is 17.1 Å². The summed E-state index contributed by atoms with van der Waals surface area (Å²) in [5, 5.41) is 0. The van der Waals surface area contributed by atoms with E-state index in [2.05, 4.69) is 25.8 Å². The molecule has 1 heterocycles. The van der Waals surface area contributed by atoms with E-state index in [1.165, 1.54) is 6.42 Å². The minimum absolute atomic E-state index is 0.254. The fourth-order valence-corrected chi connectivity index (χ4v) is 1.84. The van der Waals surface area contributed by atoms with Gasteiger partial charge in [0.2, 0.25) is 0 Å². The molecule has 0 bridgehead atoms. The van der Waals surface area contributed by atoms with Crippen molar-refractivity contribution in [1.82, 2.24) is 9.55 Å². The molecule has 0 spiro atoms. The first-order valence-corrected chi connectivity index (χ1v) is 5.85. The summed E-state index contributed by atoms with van der Waals surface area (Å²) in [6.45, 7) is 7.31. The Morgan fingerprint density at radius 1 is 1.44 bits per heavy atom. The molecule has 0 aliphatic rings. The maximum absolute atomic E-state index is 11.5. The molecule has 0 amide bonds. The molecule has 1 unspecified atom stereocenters. The Kier molecular flexibility index (Phi) is 4.52. The van der Waals surface area contributed by atoms with Gasteiger partial charge in [0.15, 0.2) is 0 Å². The number of aromatic nitrogens is 2. The SMILES string of the molecule is CCC(C)C[C@@H](C)Cn1ccc(N)nc1=O. The van der Waals surface area contributed by atoms with Crippen molar-refractivity contribution in [3.05, 3.63) is 22.7 Å². The predicted octanol–water partition coefficient (Wildman–Crippen LogP) is 1.90. The second-order valence-electron chi connectivity index (χ2n) is 4.64. The molecule has 1 aromatic heterocycles. The Morgan fingerprint density at radius 2 is 2.12 bits per heavy atom. The summed E-state index contributed by atoms with van der Waals surface area (Å²) in [6.07, 6.45) is 4.03. The third kappa shape index (κ3) is 3.68. The largest absolute Gasteiger partial charge is 0.383 e. The van der Waals surface area contributed by atoms with Crippen molar-refractivity contribution in [1.29, 1.82) is 0 Å². The number of nitrogen functional groups attached to an aromatic ring is 1. The molecule has 0 aliphatic carbocycles. The van der Waals surface area contributed by atoms with E-state index in [-0.39, 0.29) is 11.5 Å². The second-order valence-corrected chi connectivity index (χ2v) is 4.64. The van der Waals surface area contributed by atoms with Gasteiger partial charge < -0.3 is 5.73 Å². The lowest BCUT2D eigenvalue weighted by atomic mass is 9.95. The van der Waals surface area contributed by atoms with Gasteiger partial charge in [0.1, 0.15) is 5.82 Å². The van der Waals surface area contributed by atoms with E-state index < -0.39 is 0 Å². The molecule has 0 fully saturated rings. The first-order valence-electron chi connectivity index (χ1n) is 5.85. The Labute approximate surface area is 96.5 Å². The number of anilines is 1. The van der Waals surface area contributed by atoms with Gasteiger partial charge in [-0.25, -0.2) is 4.79 Å². The van der Waals surface area contributed by atoms with E-state index >= 15 is 0 Å². The molecule has 0 aliphatic heterocycles. The van der Waals surface area contributed by atoms with Crippen LogP contribution in [0, 0.1) is 11.8 Å². The monoisotopic (exact) mass is 223 g/mol. The van der Waals surface area contributed by atoms with Crippen molar-refractivity contribution in [3.8, 4) is 0 Å². The minimum atomic E-state index is -0.254. The highest BCUT2D eigenvalue weighted by Gasteiger charge is 2.09. The molecule has 16 heavy (non-hydrogen) atoms. The molecular weight excluding hydrogens is 202 g/mol. The van der Waals surface area contributed by atoms with E-state index in [4.69, 9.17) is 5.73 Å². The summed E-state index contributed by atoms with van der Waals surface area (Å²) in [5.41, 5.74) is 5.18. The van der Waals surface area contributed by atoms with Gasteiger partial charge in [0.25, 0.3) is 0 Å². The van der Waals surface area contributed by atoms with Crippen molar-refractivity contribution < 1.29 is 0 Å². The highest BCUT2D eigenvalue weighted by atomic mass is 16.1. The Morgan fingerprint density at radius 3 is 2.69 bits per heavy atom. The molecular formula is C12H21N3O. The van der Waals surface area contributed by atoms with Gasteiger partial charge >= 0.3 is 5.69 Å². The van der Waals surface area contributed by atoms with Crippen LogP contribution in [0.1, 0.15) is 33.6 Å². The van der Waals surface area contributed by atoms with Gasteiger partial charge in [-0.2, -0.15) is 4.98 Å². The fraction of sp³-hybridized carbons (Fsp3) is 0.667. The molecule has 0 aromatic carbocycles. The molecule has 0 radical (unpaired) electrons. The highest BCUT2D eigenvalue weighted by Crippen LogP contribution is 2.15. The van der Waals surface area contributed by atoms with Crippen LogP contribution in [0.4, 0.5) is 5.82 Å². The van der Waals surface area contributed by atoms with Gasteiger partial charge in [-0.1, -0.05) is 27.2 Å². The van der Waals surface area contributed by atoms with Crippen LogP contribution in [0.25, 0.3) is 0 Å². The van der Waals surface area contributed by atoms with E-state index in [9.17, 15) is 4.79 Å². The molecule has 4 heteroatoms. The average molecular weight is 223 g/mol. The van der Waals surface area contributed by atoms with Crippen LogP contribution in [0.5, 0.6) is 0 Å². The third-order valence-electron chi connectivity index (χ3n) is 2.91. The predicted molar refractivity (Wildman–Crippen MR) is 66.1 cm³/mol.